The van der Waals surface area contributed by atoms with Crippen LogP contribution in [0.1, 0.15) is 38.3 Å². The summed E-state index contributed by atoms with van der Waals surface area (Å²) < 4.78 is 5.36. The average Bonchev–Trinajstić information content (AvgIpc) is 3.00. The smallest absolute Gasteiger partial charge is 0.410 e. The Hall–Kier alpha value is -2.55. The van der Waals surface area contributed by atoms with Gasteiger partial charge in [0.2, 0.25) is 0 Å². The fourth-order valence-electron chi connectivity index (χ4n) is 3.09. The third-order valence-electron chi connectivity index (χ3n) is 4.27. The minimum absolute atomic E-state index is 0.129. The fraction of sp³-hybridized carbons (Fsp3) is 0.526. The van der Waals surface area contributed by atoms with Crippen LogP contribution in [0, 0.1) is 23.2 Å². The van der Waals surface area contributed by atoms with Crippen LogP contribution in [-0.4, -0.2) is 40.8 Å². The summed E-state index contributed by atoms with van der Waals surface area (Å²) in [5.41, 5.74) is 0.768. The summed E-state index contributed by atoms with van der Waals surface area (Å²) in [5, 5.41) is 18.6. The van der Waals surface area contributed by atoms with Crippen molar-refractivity contribution in [3.63, 3.8) is 0 Å². The second-order valence-electron chi connectivity index (χ2n) is 7.44. The number of amides is 1. The first-order chi connectivity index (χ1) is 11.7. The highest BCUT2D eigenvalue weighted by atomic mass is 16.6. The van der Waals surface area contributed by atoms with E-state index in [1.54, 1.807) is 43.9 Å². The van der Waals surface area contributed by atoms with E-state index in [-0.39, 0.29) is 5.92 Å². The predicted molar refractivity (Wildman–Crippen MR) is 91.9 cm³/mol. The second kappa shape index (κ2) is 7.56. The standard InChI is InChI=1S/C19H24N2O4/c1-19(2,3)25-18(24)21-8-7-15(12-21)16(17(22)23)10-13-5-4-6-14(9-13)11-20/h4-6,9,15-16H,7-8,10,12H2,1-3H3,(H,22,23)/t15-,16-/m0/s1. The molecule has 0 saturated carbocycles. The van der Waals surface area contributed by atoms with Crippen molar-refractivity contribution in [2.75, 3.05) is 13.1 Å². The molecule has 1 fully saturated rings. The van der Waals surface area contributed by atoms with Gasteiger partial charge in [0.05, 0.1) is 17.6 Å². The van der Waals surface area contributed by atoms with Crippen molar-refractivity contribution in [2.24, 2.45) is 11.8 Å². The average molecular weight is 344 g/mol. The van der Waals surface area contributed by atoms with Crippen LogP contribution in [-0.2, 0) is 16.0 Å². The number of nitrogens with zero attached hydrogens (tertiary/aromatic N) is 2. The molecule has 25 heavy (non-hydrogen) atoms. The van der Waals surface area contributed by atoms with Crippen LogP contribution < -0.4 is 0 Å². The van der Waals surface area contributed by atoms with Gasteiger partial charge in [0.25, 0.3) is 0 Å². The summed E-state index contributed by atoms with van der Waals surface area (Å²) in [6.45, 7) is 6.30. The van der Waals surface area contributed by atoms with Gasteiger partial charge in [-0.2, -0.15) is 5.26 Å². The number of ether oxygens (including phenoxy) is 1. The molecule has 0 aliphatic carbocycles. The van der Waals surface area contributed by atoms with Gasteiger partial charge in [-0.15, -0.1) is 0 Å². The molecule has 0 unspecified atom stereocenters. The van der Waals surface area contributed by atoms with E-state index in [1.165, 1.54) is 0 Å². The highest BCUT2D eigenvalue weighted by Crippen LogP contribution is 2.28. The molecular formula is C19H24N2O4. The zero-order valence-electron chi connectivity index (χ0n) is 14.9. The van der Waals surface area contributed by atoms with Crippen molar-refractivity contribution in [2.45, 2.75) is 39.2 Å². The van der Waals surface area contributed by atoms with Crippen molar-refractivity contribution in [3.05, 3.63) is 35.4 Å². The van der Waals surface area contributed by atoms with Gasteiger partial charge in [0, 0.05) is 13.1 Å². The number of carbonyl (C=O) groups excluding carboxylic acids is 1. The summed E-state index contributed by atoms with van der Waals surface area (Å²) >= 11 is 0. The SMILES string of the molecule is CC(C)(C)OC(=O)N1CC[C@H]([C@H](Cc2cccc(C#N)c2)C(=O)O)C1. The molecule has 2 atom stereocenters. The van der Waals surface area contributed by atoms with E-state index in [0.29, 0.717) is 31.5 Å². The predicted octanol–water partition coefficient (Wildman–Crippen LogP) is 3.06. The first-order valence-electron chi connectivity index (χ1n) is 8.39. The Morgan fingerprint density at radius 3 is 2.76 bits per heavy atom. The van der Waals surface area contributed by atoms with Crippen LogP contribution in [0.25, 0.3) is 0 Å². The molecule has 1 aliphatic rings. The van der Waals surface area contributed by atoms with Crippen LogP contribution in [0.3, 0.4) is 0 Å². The van der Waals surface area contributed by atoms with E-state index < -0.39 is 23.6 Å². The number of carbonyl (C=O) groups is 2. The van der Waals surface area contributed by atoms with E-state index in [0.717, 1.165) is 5.56 Å². The number of aliphatic carboxylic acids is 1. The number of carboxylic acids is 1. The highest BCUT2D eigenvalue weighted by molar-refractivity contribution is 5.72. The van der Waals surface area contributed by atoms with Crippen molar-refractivity contribution in [3.8, 4) is 6.07 Å². The van der Waals surface area contributed by atoms with Gasteiger partial charge in [-0.3, -0.25) is 4.79 Å². The molecule has 1 heterocycles. The first-order valence-corrected chi connectivity index (χ1v) is 8.39. The lowest BCUT2D eigenvalue weighted by molar-refractivity contribution is -0.143. The minimum Gasteiger partial charge on any atom is -0.481 e. The van der Waals surface area contributed by atoms with Gasteiger partial charge in [-0.05, 0) is 57.2 Å². The monoisotopic (exact) mass is 344 g/mol. The van der Waals surface area contributed by atoms with Gasteiger partial charge < -0.3 is 14.7 Å². The van der Waals surface area contributed by atoms with Gasteiger partial charge in [0.15, 0.2) is 0 Å². The summed E-state index contributed by atoms with van der Waals surface area (Å²) in [7, 11) is 0. The van der Waals surface area contributed by atoms with Crippen LogP contribution in [0.4, 0.5) is 4.79 Å². The van der Waals surface area contributed by atoms with Crippen LogP contribution in [0.5, 0.6) is 0 Å². The van der Waals surface area contributed by atoms with Gasteiger partial charge in [0.1, 0.15) is 5.60 Å². The number of likely N-dealkylation sites (tertiary alicyclic amines) is 1. The van der Waals surface area contributed by atoms with Crippen molar-refractivity contribution in [1.82, 2.24) is 4.90 Å². The third kappa shape index (κ3) is 5.21. The summed E-state index contributed by atoms with van der Waals surface area (Å²) in [5.74, 6) is -1.60. The number of hydrogen-bond acceptors (Lipinski definition) is 4. The maximum Gasteiger partial charge on any atom is 0.410 e. The zero-order valence-corrected chi connectivity index (χ0v) is 14.9. The number of benzene rings is 1. The molecule has 1 aliphatic heterocycles. The molecule has 2 rings (SSSR count). The molecule has 1 aromatic carbocycles. The van der Waals surface area contributed by atoms with E-state index >= 15 is 0 Å². The topological polar surface area (TPSA) is 90.6 Å². The fourth-order valence-corrected chi connectivity index (χ4v) is 3.09. The molecule has 0 aromatic heterocycles. The summed E-state index contributed by atoms with van der Waals surface area (Å²) in [6, 6.07) is 9.07. The van der Waals surface area contributed by atoms with Gasteiger partial charge in [-0.25, -0.2) is 4.79 Å². The highest BCUT2D eigenvalue weighted by Gasteiger charge is 2.37. The van der Waals surface area contributed by atoms with Gasteiger partial charge >= 0.3 is 12.1 Å². The summed E-state index contributed by atoms with van der Waals surface area (Å²) in [6.07, 6.45) is 0.580. The molecule has 6 heteroatoms. The third-order valence-corrected chi connectivity index (χ3v) is 4.27. The molecule has 0 bridgehead atoms. The molecule has 1 N–H and O–H groups in total. The Labute approximate surface area is 148 Å². The van der Waals surface area contributed by atoms with E-state index in [2.05, 4.69) is 6.07 Å². The summed E-state index contributed by atoms with van der Waals surface area (Å²) in [4.78, 5) is 25.5. The lowest BCUT2D eigenvalue weighted by Gasteiger charge is -2.25. The quantitative estimate of drug-likeness (QED) is 0.906. The molecule has 1 amide bonds. The van der Waals surface area contributed by atoms with Crippen LogP contribution >= 0.6 is 0 Å². The number of nitriles is 1. The van der Waals surface area contributed by atoms with Crippen molar-refractivity contribution in [1.29, 1.82) is 5.26 Å². The Morgan fingerprint density at radius 1 is 1.44 bits per heavy atom. The number of carboxylic acid groups (broad SMARTS) is 1. The lowest BCUT2D eigenvalue weighted by Crippen LogP contribution is -2.36. The molecule has 1 aromatic rings. The molecular weight excluding hydrogens is 320 g/mol. The molecule has 0 radical (unpaired) electrons. The second-order valence-corrected chi connectivity index (χ2v) is 7.44. The first kappa shape index (κ1) is 18.8. The molecule has 6 nitrogen and oxygen atoms in total. The molecule has 0 spiro atoms. The lowest BCUT2D eigenvalue weighted by atomic mass is 9.86. The Kier molecular flexibility index (Phi) is 5.68. The van der Waals surface area contributed by atoms with Crippen molar-refractivity contribution >= 4 is 12.1 Å². The van der Waals surface area contributed by atoms with Crippen LogP contribution in [0.15, 0.2) is 24.3 Å². The van der Waals surface area contributed by atoms with E-state index in [4.69, 9.17) is 10.00 Å². The Morgan fingerprint density at radius 2 is 2.16 bits per heavy atom. The van der Waals surface area contributed by atoms with Crippen molar-refractivity contribution < 1.29 is 19.4 Å². The van der Waals surface area contributed by atoms with Crippen LogP contribution in [0.2, 0.25) is 0 Å². The van der Waals surface area contributed by atoms with E-state index in [1.807, 2.05) is 6.07 Å². The van der Waals surface area contributed by atoms with E-state index in [9.17, 15) is 14.7 Å². The Bertz CT molecular complexity index is 687. The van der Waals surface area contributed by atoms with Gasteiger partial charge in [-0.1, -0.05) is 12.1 Å². The Balaban J connectivity index is 2.05. The maximum atomic E-state index is 12.2. The maximum absolute atomic E-state index is 12.2. The number of hydrogen-bond donors (Lipinski definition) is 1. The minimum atomic E-state index is -0.876. The largest absolute Gasteiger partial charge is 0.481 e. The molecule has 1 saturated heterocycles. The number of rotatable bonds is 4. The zero-order chi connectivity index (χ0) is 18.6. The normalized spacial score (nSPS) is 18.5. The molecule has 134 valence electrons.